The topological polar surface area (TPSA) is 125 Å². The molecule has 0 saturated carbocycles. The maximum Gasteiger partial charge on any atom is 0.330 e. The van der Waals surface area contributed by atoms with Gasteiger partial charge in [-0.15, -0.1) is 0 Å². The van der Waals surface area contributed by atoms with Gasteiger partial charge < -0.3 is 20.1 Å². The molecule has 0 amide bonds. The van der Waals surface area contributed by atoms with Crippen molar-refractivity contribution < 1.29 is 20.1 Å². The summed E-state index contributed by atoms with van der Waals surface area (Å²) in [5.74, 6) is 0. The van der Waals surface area contributed by atoms with E-state index in [1.54, 1.807) is 0 Å². The maximum absolute atomic E-state index is 11.8. The molecule has 1 aromatic heterocycles. The van der Waals surface area contributed by atoms with Crippen molar-refractivity contribution in [3.05, 3.63) is 37.6 Å². The molecule has 2 rings (SSSR count). The van der Waals surface area contributed by atoms with Gasteiger partial charge in [0, 0.05) is 6.20 Å². The van der Waals surface area contributed by atoms with Gasteiger partial charge in [-0.3, -0.25) is 14.3 Å². The molecule has 1 fully saturated rings. The highest BCUT2D eigenvalue weighted by molar-refractivity contribution is 9.11. The quantitative estimate of drug-likeness (QED) is 0.527. The van der Waals surface area contributed by atoms with Gasteiger partial charge in [0.15, 0.2) is 6.23 Å². The van der Waals surface area contributed by atoms with E-state index in [0.29, 0.717) is 0 Å². The van der Waals surface area contributed by atoms with E-state index in [1.807, 2.05) is 0 Å². The van der Waals surface area contributed by atoms with E-state index in [0.717, 1.165) is 4.57 Å². The number of aliphatic hydroxyl groups is 3. The fraction of sp³-hybridized carbons (Fsp3) is 0.455. The first kappa shape index (κ1) is 15.1. The van der Waals surface area contributed by atoms with Gasteiger partial charge in [-0.05, 0) is 11.1 Å². The van der Waals surface area contributed by atoms with Crippen LogP contribution in [0.5, 0.6) is 0 Å². The Kier molecular flexibility index (Phi) is 4.55. The van der Waals surface area contributed by atoms with Gasteiger partial charge in [0.05, 0.1) is 12.2 Å². The fourth-order valence-corrected chi connectivity index (χ4v) is 2.27. The number of nitrogens with one attached hydrogen (secondary N) is 1. The van der Waals surface area contributed by atoms with Crippen LogP contribution in [0, 0.1) is 0 Å². The summed E-state index contributed by atoms with van der Waals surface area (Å²) in [6.45, 7) is -0.499. The van der Waals surface area contributed by atoms with Crippen molar-refractivity contribution in [2.45, 2.75) is 24.5 Å². The Labute approximate surface area is 121 Å². The second kappa shape index (κ2) is 6.02. The SMILES string of the molecule is O=c1[nH]c(=O)n([C@@H]2O[C@H](CO)[C@@H](O)[C@H]2O)cc1/C=C/Br. The summed E-state index contributed by atoms with van der Waals surface area (Å²) < 4.78 is 6.20. The highest BCUT2D eigenvalue weighted by Gasteiger charge is 2.43. The minimum Gasteiger partial charge on any atom is -0.394 e. The van der Waals surface area contributed by atoms with E-state index in [2.05, 4.69) is 20.9 Å². The monoisotopic (exact) mass is 348 g/mol. The number of aromatic amines is 1. The van der Waals surface area contributed by atoms with Crippen LogP contribution in [0.15, 0.2) is 20.8 Å². The summed E-state index contributed by atoms with van der Waals surface area (Å²) in [6, 6.07) is 0. The van der Waals surface area contributed by atoms with Crippen molar-refractivity contribution in [3.63, 3.8) is 0 Å². The van der Waals surface area contributed by atoms with Gasteiger partial charge in [0.2, 0.25) is 0 Å². The van der Waals surface area contributed by atoms with Crippen LogP contribution < -0.4 is 11.2 Å². The van der Waals surface area contributed by atoms with E-state index in [1.165, 1.54) is 17.3 Å². The van der Waals surface area contributed by atoms with Gasteiger partial charge in [-0.2, -0.15) is 0 Å². The van der Waals surface area contributed by atoms with Crippen LogP contribution in [0.1, 0.15) is 11.8 Å². The van der Waals surface area contributed by atoms with E-state index >= 15 is 0 Å². The lowest BCUT2D eigenvalue weighted by Crippen LogP contribution is -2.38. The predicted octanol–water partition coefficient (Wildman–Crippen LogP) is -1.49. The summed E-state index contributed by atoms with van der Waals surface area (Å²) in [6.07, 6.45) is -2.27. The van der Waals surface area contributed by atoms with Crippen LogP contribution in [-0.2, 0) is 4.74 Å². The molecule has 0 aromatic carbocycles. The Bertz CT molecular complexity index is 624. The lowest BCUT2D eigenvalue weighted by molar-refractivity contribution is -0.0550. The van der Waals surface area contributed by atoms with Crippen LogP contribution in [0.3, 0.4) is 0 Å². The summed E-state index contributed by atoms with van der Waals surface area (Å²) in [5, 5.41) is 28.5. The third kappa shape index (κ3) is 2.63. The van der Waals surface area contributed by atoms with Crippen LogP contribution in [0.4, 0.5) is 0 Å². The van der Waals surface area contributed by atoms with Crippen LogP contribution in [0.25, 0.3) is 6.08 Å². The van der Waals surface area contributed by atoms with Crippen molar-refractivity contribution in [2.24, 2.45) is 0 Å². The normalized spacial score (nSPS) is 30.2. The van der Waals surface area contributed by atoms with Gasteiger partial charge in [-0.1, -0.05) is 15.9 Å². The minimum absolute atomic E-state index is 0.166. The van der Waals surface area contributed by atoms with Crippen LogP contribution >= 0.6 is 15.9 Å². The van der Waals surface area contributed by atoms with Gasteiger partial charge in [0.1, 0.15) is 18.3 Å². The van der Waals surface area contributed by atoms with E-state index in [4.69, 9.17) is 9.84 Å². The second-order valence-corrected chi connectivity index (χ2v) is 4.80. The molecule has 2 heterocycles. The first-order chi connectivity index (χ1) is 9.49. The number of ether oxygens (including phenoxy) is 1. The first-order valence-corrected chi connectivity index (χ1v) is 6.66. The van der Waals surface area contributed by atoms with Crippen molar-refractivity contribution >= 4 is 22.0 Å². The molecule has 0 unspecified atom stereocenters. The molecular formula is C11H13BrN2O6. The molecule has 4 N–H and O–H groups in total. The average molecular weight is 349 g/mol. The third-order valence-electron chi connectivity index (χ3n) is 3.03. The van der Waals surface area contributed by atoms with Crippen LogP contribution in [-0.4, -0.2) is 49.8 Å². The maximum atomic E-state index is 11.8. The molecule has 0 aliphatic carbocycles. The lowest BCUT2D eigenvalue weighted by Gasteiger charge is -2.17. The van der Waals surface area contributed by atoms with Crippen LogP contribution in [0.2, 0.25) is 0 Å². The average Bonchev–Trinajstić information content (AvgIpc) is 2.70. The van der Waals surface area contributed by atoms with E-state index < -0.39 is 42.4 Å². The molecule has 20 heavy (non-hydrogen) atoms. The molecule has 110 valence electrons. The molecule has 0 bridgehead atoms. The molecule has 8 nitrogen and oxygen atoms in total. The molecule has 1 aliphatic heterocycles. The first-order valence-electron chi connectivity index (χ1n) is 5.74. The van der Waals surface area contributed by atoms with E-state index in [-0.39, 0.29) is 5.56 Å². The van der Waals surface area contributed by atoms with Crippen molar-refractivity contribution in [1.29, 1.82) is 0 Å². The second-order valence-electron chi connectivity index (χ2n) is 4.27. The number of nitrogens with zero attached hydrogens (tertiary/aromatic N) is 1. The molecule has 0 spiro atoms. The van der Waals surface area contributed by atoms with Crippen molar-refractivity contribution in [3.8, 4) is 0 Å². The third-order valence-corrected chi connectivity index (χ3v) is 3.29. The smallest absolute Gasteiger partial charge is 0.330 e. The Hall–Kier alpha value is -1.26. The standard InChI is InChI=1S/C11H13BrN2O6/c12-2-1-5-3-14(11(19)13-9(5)18)10-8(17)7(16)6(4-15)20-10/h1-3,6-8,10,15-17H,4H2,(H,13,18,19)/b2-1+/t6-,7-,8-,10-/m1/s1. The van der Waals surface area contributed by atoms with E-state index in [9.17, 15) is 19.8 Å². The highest BCUT2D eigenvalue weighted by Crippen LogP contribution is 2.27. The summed E-state index contributed by atoms with van der Waals surface area (Å²) >= 11 is 3.01. The molecule has 9 heteroatoms. The number of aromatic nitrogens is 2. The number of rotatable bonds is 3. The zero-order chi connectivity index (χ0) is 14.9. The van der Waals surface area contributed by atoms with Gasteiger partial charge in [0.25, 0.3) is 5.56 Å². The Balaban J connectivity index is 2.46. The number of hydrogen-bond acceptors (Lipinski definition) is 6. The molecular weight excluding hydrogens is 336 g/mol. The highest BCUT2D eigenvalue weighted by atomic mass is 79.9. The number of aliphatic hydroxyl groups excluding tert-OH is 3. The predicted molar refractivity (Wildman–Crippen MR) is 72.3 cm³/mol. The van der Waals surface area contributed by atoms with Gasteiger partial charge >= 0.3 is 5.69 Å². The number of hydrogen-bond donors (Lipinski definition) is 4. The summed E-state index contributed by atoms with van der Waals surface area (Å²) in [7, 11) is 0. The Morgan fingerprint density at radius 3 is 2.65 bits per heavy atom. The largest absolute Gasteiger partial charge is 0.394 e. The summed E-state index contributed by atoms with van der Waals surface area (Å²) in [5.41, 5.74) is -1.20. The lowest BCUT2D eigenvalue weighted by atomic mass is 10.1. The van der Waals surface area contributed by atoms with Crippen molar-refractivity contribution in [2.75, 3.05) is 6.61 Å². The molecule has 1 aromatic rings. The zero-order valence-electron chi connectivity index (χ0n) is 10.1. The minimum atomic E-state index is -1.39. The molecule has 0 radical (unpaired) electrons. The van der Waals surface area contributed by atoms with Gasteiger partial charge in [-0.25, -0.2) is 4.79 Å². The molecule has 1 aliphatic rings. The Morgan fingerprint density at radius 2 is 2.10 bits per heavy atom. The molecule has 1 saturated heterocycles. The van der Waals surface area contributed by atoms with Crippen molar-refractivity contribution in [1.82, 2.24) is 9.55 Å². The molecule has 4 atom stereocenters. The Morgan fingerprint density at radius 1 is 1.40 bits per heavy atom. The fourth-order valence-electron chi connectivity index (χ4n) is 1.99. The zero-order valence-corrected chi connectivity index (χ0v) is 11.7. The number of halogens is 1. The number of H-pyrrole nitrogens is 1. The summed E-state index contributed by atoms with van der Waals surface area (Å²) in [4.78, 5) is 26.8.